The van der Waals surface area contributed by atoms with Gasteiger partial charge in [0.15, 0.2) is 0 Å². The molecule has 3 aromatic heterocycles. The quantitative estimate of drug-likeness (QED) is 0.387. The van der Waals surface area contributed by atoms with E-state index in [2.05, 4.69) is 64.7 Å². The fraction of sp³-hybridized carbons (Fsp3) is 0.444. The van der Waals surface area contributed by atoms with Crippen LogP contribution in [0, 0.1) is 0 Å². The summed E-state index contributed by atoms with van der Waals surface area (Å²) in [5, 5.41) is 23.7. The first kappa shape index (κ1) is 25.9. The van der Waals surface area contributed by atoms with Gasteiger partial charge in [0.1, 0.15) is 17.8 Å². The molecule has 1 amide bonds. The molecule has 13 heteroatoms. The summed E-state index contributed by atoms with van der Waals surface area (Å²) in [6, 6.07) is 8.14. The molecule has 208 valence electrons. The van der Waals surface area contributed by atoms with Crippen LogP contribution in [0.3, 0.4) is 0 Å². The molecule has 2 aliphatic heterocycles. The molecule has 1 saturated heterocycles. The van der Waals surface area contributed by atoms with Crippen LogP contribution in [-0.2, 0) is 10.3 Å². The van der Waals surface area contributed by atoms with E-state index >= 15 is 0 Å². The molecule has 6 rings (SSSR count). The van der Waals surface area contributed by atoms with E-state index in [1.807, 2.05) is 57.0 Å². The maximum Gasteiger partial charge on any atom is 0.255 e. The van der Waals surface area contributed by atoms with Gasteiger partial charge in [-0.1, -0.05) is 12.0 Å². The van der Waals surface area contributed by atoms with Crippen molar-refractivity contribution in [3.05, 3.63) is 41.9 Å². The zero-order valence-electron chi connectivity index (χ0n) is 23.7. The van der Waals surface area contributed by atoms with Gasteiger partial charge >= 0.3 is 0 Å². The number of rotatable bonds is 5. The molecule has 0 unspecified atom stereocenters. The number of piperazine rings is 1. The Morgan fingerprint density at radius 3 is 2.80 bits per heavy atom. The third kappa shape index (κ3) is 4.17. The predicted molar refractivity (Wildman–Crippen MR) is 153 cm³/mol. The number of nitrogens with one attached hydrogen (secondary N) is 2. The molecule has 2 N–H and O–H groups in total. The van der Waals surface area contributed by atoms with Crippen LogP contribution in [0.4, 0.5) is 17.5 Å². The SMILES string of the molecule is CCN1CCN(c2cc(-c3n[nH]c4ccc(NC(=O)C5=C(C)N(C)c6nnnn6C5(C)C)cc34)ncn2)C[C@@H]1C. The van der Waals surface area contributed by atoms with Crippen molar-refractivity contribution in [2.45, 2.75) is 46.2 Å². The third-order valence-corrected chi connectivity index (χ3v) is 8.20. The summed E-state index contributed by atoms with van der Waals surface area (Å²) in [7, 11) is 1.85. The number of aromatic nitrogens is 8. The number of tetrazole rings is 1. The molecule has 1 fully saturated rings. The monoisotopic (exact) mass is 542 g/mol. The lowest BCUT2D eigenvalue weighted by molar-refractivity contribution is -0.113. The van der Waals surface area contributed by atoms with Gasteiger partial charge in [0.05, 0.1) is 22.3 Å². The molecule has 40 heavy (non-hydrogen) atoms. The van der Waals surface area contributed by atoms with Crippen molar-refractivity contribution < 1.29 is 4.79 Å². The van der Waals surface area contributed by atoms with Gasteiger partial charge in [0, 0.05) is 55.6 Å². The minimum atomic E-state index is -0.734. The van der Waals surface area contributed by atoms with E-state index in [0.717, 1.165) is 54.3 Å². The summed E-state index contributed by atoms with van der Waals surface area (Å²) >= 11 is 0. The Bertz CT molecular complexity index is 1620. The van der Waals surface area contributed by atoms with E-state index in [1.54, 1.807) is 11.0 Å². The first-order valence-corrected chi connectivity index (χ1v) is 13.5. The number of hydrogen-bond acceptors (Lipinski definition) is 10. The van der Waals surface area contributed by atoms with Crippen molar-refractivity contribution >= 4 is 34.3 Å². The average Bonchev–Trinajstić information content (AvgIpc) is 3.60. The highest BCUT2D eigenvalue weighted by atomic mass is 16.1. The smallest absolute Gasteiger partial charge is 0.255 e. The molecule has 1 atom stereocenters. The number of carbonyl (C=O) groups is 1. The van der Waals surface area contributed by atoms with Crippen molar-refractivity contribution in [1.82, 2.24) is 45.3 Å². The number of allylic oxidation sites excluding steroid dienone is 1. The number of anilines is 3. The Morgan fingerprint density at radius 2 is 2.02 bits per heavy atom. The van der Waals surface area contributed by atoms with Crippen molar-refractivity contribution in [2.75, 3.05) is 48.3 Å². The molecule has 0 saturated carbocycles. The zero-order valence-corrected chi connectivity index (χ0v) is 23.7. The Morgan fingerprint density at radius 1 is 1.20 bits per heavy atom. The summed E-state index contributed by atoms with van der Waals surface area (Å²) in [4.78, 5) is 29.4. The third-order valence-electron chi connectivity index (χ3n) is 8.20. The van der Waals surface area contributed by atoms with Crippen LogP contribution in [0.15, 0.2) is 41.9 Å². The van der Waals surface area contributed by atoms with Gasteiger partial charge in [0.2, 0.25) is 5.95 Å². The number of fused-ring (bicyclic) bond motifs is 2. The molecule has 2 aliphatic rings. The van der Waals surface area contributed by atoms with Gasteiger partial charge in [-0.2, -0.15) is 5.10 Å². The lowest BCUT2D eigenvalue weighted by atomic mass is 9.89. The molecule has 0 aliphatic carbocycles. The second kappa shape index (κ2) is 9.66. The van der Waals surface area contributed by atoms with Crippen LogP contribution in [0.1, 0.15) is 34.6 Å². The molecular formula is C27H34N12O. The number of H-pyrrole nitrogens is 1. The van der Waals surface area contributed by atoms with Crippen LogP contribution in [0.2, 0.25) is 0 Å². The van der Waals surface area contributed by atoms with Crippen LogP contribution < -0.4 is 15.1 Å². The van der Waals surface area contributed by atoms with E-state index in [4.69, 9.17) is 0 Å². The second-order valence-corrected chi connectivity index (χ2v) is 10.9. The average molecular weight is 543 g/mol. The number of aromatic amines is 1. The highest BCUT2D eigenvalue weighted by Gasteiger charge is 2.41. The Labute approximate surface area is 232 Å². The van der Waals surface area contributed by atoms with Crippen LogP contribution in [-0.4, -0.2) is 90.4 Å². The maximum absolute atomic E-state index is 13.7. The minimum absolute atomic E-state index is 0.218. The Kier molecular flexibility index (Phi) is 6.25. The van der Waals surface area contributed by atoms with E-state index in [-0.39, 0.29) is 5.91 Å². The number of carbonyl (C=O) groups excluding carboxylic acids is 1. The first-order chi connectivity index (χ1) is 19.2. The second-order valence-electron chi connectivity index (χ2n) is 10.9. The predicted octanol–water partition coefficient (Wildman–Crippen LogP) is 2.63. The number of benzene rings is 1. The van der Waals surface area contributed by atoms with E-state index in [1.165, 1.54) is 0 Å². The Balaban J connectivity index is 1.28. The van der Waals surface area contributed by atoms with Crippen LogP contribution >= 0.6 is 0 Å². The number of likely N-dealkylation sites (N-methyl/N-ethyl adjacent to an activating group) is 1. The molecule has 13 nitrogen and oxygen atoms in total. The van der Waals surface area contributed by atoms with Crippen molar-refractivity contribution in [3.63, 3.8) is 0 Å². The lowest BCUT2D eigenvalue weighted by Gasteiger charge is -2.39. The zero-order chi connectivity index (χ0) is 28.2. The lowest BCUT2D eigenvalue weighted by Crippen LogP contribution is -2.52. The highest BCUT2D eigenvalue weighted by Crippen LogP contribution is 2.37. The number of nitrogens with zero attached hydrogens (tertiary/aromatic N) is 10. The van der Waals surface area contributed by atoms with Crippen molar-refractivity contribution in [3.8, 4) is 11.4 Å². The molecule has 4 aromatic rings. The van der Waals surface area contributed by atoms with Crippen molar-refractivity contribution in [2.24, 2.45) is 0 Å². The molecule has 0 bridgehead atoms. The minimum Gasteiger partial charge on any atom is -0.354 e. The summed E-state index contributed by atoms with van der Waals surface area (Å²) in [5.74, 6) is 1.26. The number of hydrogen-bond donors (Lipinski definition) is 2. The largest absolute Gasteiger partial charge is 0.354 e. The van der Waals surface area contributed by atoms with Gasteiger partial charge in [-0.25, -0.2) is 14.6 Å². The molecule has 1 aromatic carbocycles. The normalized spacial score (nSPS) is 19.3. The topological polar surface area (TPSA) is 137 Å². The van der Waals surface area contributed by atoms with E-state index < -0.39 is 5.54 Å². The van der Waals surface area contributed by atoms with Gasteiger partial charge in [-0.05, 0) is 62.9 Å². The fourth-order valence-electron chi connectivity index (χ4n) is 5.86. The van der Waals surface area contributed by atoms with Gasteiger partial charge < -0.3 is 15.1 Å². The van der Waals surface area contributed by atoms with E-state index in [0.29, 0.717) is 28.9 Å². The summed E-state index contributed by atoms with van der Waals surface area (Å²) < 4.78 is 1.67. The number of amides is 1. The molecule has 5 heterocycles. The van der Waals surface area contributed by atoms with Crippen molar-refractivity contribution in [1.29, 1.82) is 0 Å². The molecule has 0 radical (unpaired) electrons. The van der Waals surface area contributed by atoms with Crippen LogP contribution in [0.25, 0.3) is 22.3 Å². The van der Waals surface area contributed by atoms with E-state index in [9.17, 15) is 4.79 Å². The highest BCUT2D eigenvalue weighted by molar-refractivity contribution is 6.07. The Hall–Kier alpha value is -4.39. The first-order valence-electron chi connectivity index (χ1n) is 13.5. The van der Waals surface area contributed by atoms with Gasteiger partial charge in [0.25, 0.3) is 5.91 Å². The van der Waals surface area contributed by atoms with Gasteiger partial charge in [-0.15, -0.1) is 0 Å². The molecule has 0 spiro atoms. The summed E-state index contributed by atoms with van der Waals surface area (Å²) in [6.45, 7) is 14.1. The van der Waals surface area contributed by atoms with Crippen LogP contribution in [0.5, 0.6) is 0 Å². The standard InChI is InChI=1S/C27H34N12O/c1-7-37-10-11-38(14-16(37)2)22-13-21(28-15-29-22)24-19-12-18(8-9-20(19)31-32-24)30-25(40)23-17(3)36(6)26-33-34-35-39(26)27(23,4)5/h8-9,12-13,15-16H,7,10-11,14H2,1-6H3,(H,30,40)(H,31,32)/t16-/m0/s1. The van der Waals surface area contributed by atoms with Gasteiger partial charge in [-0.3, -0.25) is 14.8 Å². The summed E-state index contributed by atoms with van der Waals surface area (Å²) in [5.41, 5.74) is 3.58. The summed E-state index contributed by atoms with van der Waals surface area (Å²) in [6.07, 6.45) is 1.60. The molecular weight excluding hydrogens is 508 g/mol. The maximum atomic E-state index is 13.7. The fourth-order valence-corrected chi connectivity index (χ4v) is 5.86.